The molecule has 4 rings (SSSR count). The molecule has 10 atom stereocenters. The number of nitrogens with zero attached hydrogens (tertiary/aromatic N) is 1. The zero-order valence-electron chi connectivity index (χ0n) is 36.1. The molecule has 316 valence electrons. The number of unbranched alkanes of at least 4 members (excludes halogenated alkanes) is 1. The van der Waals surface area contributed by atoms with E-state index in [4.69, 9.17) is 0 Å². The van der Waals surface area contributed by atoms with Crippen LogP contribution in [0.25, 0.3) is 0 Å². The molecule has 0 spiro atoms. The quantitative estimate of drug-likeness (QED) is 0.0612. The van der Waals surface area contributed by atoms with Crippen LogP contribution in [0, 0.1) is 46.3 Å². The highest BCUT2D eigenvalue weighted by molar-refractivity contribution is 5.76. The van der Waals surface area contributed by atoms with Gasteiger partial charge in [0.1, 0.15) is 0 Å². The highest BCUT2D eigenvalue weighted by Gasteiger charge is 2.62. The molecule has 4 saturated carbocycles. The summed E-state index contributed by atoms with van der Waals surface area (Å²) in [6.07, 6.45) is 38.9. The largest absolute Gasteiger partial charge is 0.393 e. The maximum Gasteiger partial charge on any atom is 0.220 e. The molecule has 0 bridgehead atoms. The highest BCUT2D eigenvalue weighted by atomic mass is 16.3. The molecule has 1 unspecified atom stereocenters. The summed E-state index contributed by atoms with van der Waals surface area (Å²) in [5.41, 5.74) is 0.496. The summed E-state index contributed by atoms with van der Waals surface area (Å²) in [4.78, 5) is 27.3. The standard InChI is InChI=1S/C49H81N3O4/c1-6-7-8-9-10-11-12-13-14-15-16-17-18-19-20-21-22-23-45(55)50-32-34-52(5)35-33-51-46(56)27-24-38(2)41-25-26-42-47-43(29-31-49(41,42)4)48(3)30-28-40(53)36-39(48)37-44(47)54/h7-8,10-11,13-14,16-17,19-20,38-44,47,53-54H,6,9,12,15,18,21-37H2,1-5H3,(H,50,55)(H,51,56)/t38-,39+,40-,41?,42+,43+,44-,47+,48+,49-/m1/s1. The lowest BCUT2D eigenvalue weighted by molar-refractivity contribution is -0.174. The van der Waals surface area contributed by atoms with E-state index >= 15 is 0 Å². The van der Waals surface area contributed by atoms with Crippen LogP contribution >= 0.6 is 0 Å². The van der Waals surface area contributed by atoms with Crippen LogP contribution in [0.4, 0.5) is 0 Å². The summed E-state index contributed by atoms with van der Waals surface area (Å²) in [7, 11) is 2.04. The molecule has 56 heavy (non-hydrogen) atoms. The highest BCUT2D eigenvalue weighted by Crippen LogP contribution is 2.68. The molecule has 7 heteroatoms. The molecule has 0 radical (unpaired) electrons. The number of allylic oxidation sites excluding steroid dienone is 10. The van der Waals surface area contributed by atoms with Crippen molar-refractivity contribution in [2.24, 2.45) is 46.3 Å². The predicted octanol–water partition coefficient (Wildman–Crippen LogP) is 9.48. The number of aliphatic hydroxyl groups is 2. The van der Waals surface area contributed by atoms with E-state index in [1.807, 2.05) is 7.05 Å². The van der Waals surface area contributed by atoms with E-state index in [1.54, 1.807) is 0 Å². The molecule has 0 aromatic carbocycles. The Morgan fingerprint density at radius 1 is 0.732 bits per heavy atom. The molecule has 4 fully saturated rings. The van der Waals surface area contributed by atoms with Crippen LogP contribution in [0.1, 0.15) is 143 Å². The zero-order valence-corrected chi connectivity index (χ0v) is 36.1. The number of aliphatic hydroxyl groups excluding tert-OH is 2. The van der Waals surface area contributed by atoms with Gasteiger partial charge in [-0.2, -0.15) is 0 Å². The Kier molecular flexibility index (Phi) is 19.6. The first-order chi connectivity index (χ1) is 27.0. The summed E-state index contributed by atoms with van der Waals surface area (Å²) in [5.74, 6) is 3.30. The number of carbonyl (C=O) groups excluding carboxylic acids is 2. The van der Waals surface area contributed by atoms with Crippen molar-refractivity contribution in [2.45, 2.75) is 155 Å². The maximum absolute atomic E-state index is 12.9. The average Bonchev–Trinajstić information content (AvgIpc) is 3.53. The maximum atomic E-state index is 12.9. The van der Waals surface area contributed by atoms with Gasteiger partial charge < -0.3 is 25.7 Å². The van der Waals surface area contributed by atoms with Crippen LogP contribution in [-0.2, 0) is 9.59 Å². The van der Waals surface area contributed by atoms with Crippen LogP contribution in [-0.4, -0.2) is 72.4 Å². The van der Waals surface area contributed by atoms with Gasteiger partial charge in [0.05, 0.1) is 12.2 Å². The van der Waals surface area contributed by atoms with Gasteiger partial charge in [-0.05, 0) is 156 Å². The molecular formula is C49H81N3O4. The lowest BCUT2D eigenvalue weighted by Gasteiger charge is -2.62. The van der Waals surface area contributed by atoms with Crippen LogP contribution in [0.5, 0.6) is 0 Å². The van der Waals surface area contributed by atoms with Gasteiger partial charge in [0.25, 0.3) is 0 Å². The smallest absolute Gasteiger partial charge is 0.220 e. The molecule has 0 heterocycles. The number of nitrogens with one attached hydrogen (secondary N) is 2. The van der Waals surface area contributed by atoms with Crippen molar-refractivity contribution < 1.29 is 19.8 Å². The van der Waals surface area contributed by atoms with Crippen molar-refractivity contribution in [2.75, 3.05) is 33.2 Å². The third kappa shape index (κ3) is 13.5. The van der Waals surface area contributed by atoms with Crippen LogP contribution in [0.3, 0.4) is 0 Å². The Balaban J connectivity index is 1.01. The van der Waals surface area contributed by atoms with Crippen molar-refractivity contribution in [3.05, 3.63) is 60.8 Å². The number of carbonyl (C=O) groups is 2. The van der Waals surface area contributed by atoms with Crippen molar-refractivity contribution >= 4 is 11.8 Å². The Bertz CT molecular complexity index is 1340. The minimum absolute atomic E-state index is 0.103. The van der Waals surface area contributed by atoms with Gasteiger partial charge in [0, 0.05) is 39.0 Å². The lowest BCUT2D eigenvalue weighted by Crippen LogP contribution is -2.58. The second-order valence-electron chi connectivity index (χ2n) is 18.6. The van der Waals surface area contributed by atoms with Crippen molar-refractivity contribution in [3.63, 3.8) is 0 Å². The van der Waals surface area contributed by atoms with Gasteiger partial charge in [-0.15, -0.1) is 0 Å². The Morgan fingerprint density at radius 2 is 1.29 bits per heavy atom. The van der Waals surface area contributed by atoms with E-state index in [0.717, 1.165) is 90.1 Å². The number of fused-ring (bicyclic) bond motifs is 5. The SMILES string of the molecule is CCC=CCC=CCC=CCC=CCC=CCCCC(=O)NCCN(C)CCNC(=O)CC[C@@H](C)C1CC[C@H]2[C@@H]3[C@H](O)C[C@@H]4C[C@H](O)CC[C@]4(C)[C@H]3CC[C@]12C. The minimum Gasteiger partial charge on any atom is -0.393 e. The second kappa shape index (κ2) is 23.8. The van der Waals surface area contributed by atoms with Gasteiger partial charge in [-0.25, -0.2) is 0 Å². The van der Waals surface area contributed by atoms with E-state index in [0.29, 0.717) is 61.4 Å². The van der Waals surface area contributed by atoms with Crippen LogP contribution in [0.2, 0.25) is 0 Å². The fraction of sp³-hybridized carbons (Fsp3) is 0.755. The van der Waals surface area contributed by atoms with Gasteiger partial charge >= 0.3 is 0 Å². The topological polar surface area (TPSA) is 102 Å². The van der Waals surface area contributed by atoms with E-state index in [1.165, 1.54) is 25.7 Å². The lowest BCUT2D eigenvalue weighted by atomic mass is 9.43. The van der Waals surface area contributed by atoms with Crippen LogP contribution in [0.15, 0.2) is 60.8 Å². The second-order valence-corrected chi connectivity index (χ2v) is 18.6. The number of hydrogen-bond donors (Lipinski definition) is 4. The molecule has 0 aromatic heterocycles. The van der Waals surface area contributed by atoms with Gasteiger partial charge in [-0.3, -0.25) is 9.59 Å². The van der Waals surface area contributed by atoms with Gasteiger partial charge in [0.15, 0.2) is 0 Å². The van der Waals surface area contributed by atoms with Crippen molar-refractivity contribution in [1.82, 2.24) is 15.5 Å². The zero-order chi connectivity index (χ0) is 40.4. The number of hydrogen-bond acceptors (Lipinski definition) is 5. The monoisotopic (exact) mass is 776 g/mol. The molecule has 4 aliphatic carbocycles. The van der Waals surface area contributed by atoms with Gasteiger partial charge in [0.2, 0.25) is 11.8 Å². The third-order valence-electron chi connectivity index (χ3n) is 14.8. The first kappa shape index (κ1) is 46.2. The van der Waals surface area contributed by atoms with E-state index in [-0.39, 0.29) is 34.9 Å². The molecule has 7 nitrogen and oxygen atoms in total. The molecule has 2 amide bonds. The number of likely N-dealkylation sites (N-methyl/N-ethyl adjacent to an activating group) is 1. The molecule has 4 N–H and O–H groups in total. The molecule has 0 saturated heterocycles. The van der Waals surface area contributed by atoms with Gasteiger partial charge in [-0.1, -0.05) is 88.5 Å². The fourth-order valence-electron chi connectivity index (χ4n) is 11.5. The number of amides is 2. The number of rotatable bonds is 23. The summed E-state index contributed by atoms with van der Waals surface area (Å²) in [6, 6.07) is 0. The average molecular weight is 776 g/mol. The summed E-state index contributed by atoms with van der Waals surface area (Å²) >= 11 is 0. The first-order valence-corrected chi connectivity index (χ1v) is 22.8. The Hall–Kier alpha value is -2.48. The Labute approximate surface area is 342 Å². The molecule has 4 aliphatic rings. The van der Waals surface area contributed by atoms with Crippen LogP contribution < -0.4 is 10.6 Å². The fourth-order valence-corrected chi connectivity index (χ4v) is 11.5. The van der Waals surface area contributed by atoms with E-state index in [9.17, 15) is 19.8 Å². The van der Waals surface area contributed by atoms with E-state index < -0.39 is 0 Å². The normalized spacial score (nSPS) is 32.5. The molecule has 0 aromatic rings. The summed E-state index contributed by atoms with van der Waals surface area (Å²) < 4.78 is 0. The molecule has 0 aliphatic heterocycles. The van der Waals surface area contributed by atoms with Crippen molar-refractivity contribution in [1.29, 1.82) is 0 Å². The predicted molar refractivity (Wildman–Crippen MR) is 233 cm³/mol. The minimum atomic E-state index is -0.243. The molecular weight excluding hydrogens is 695 g/mol. The summed E-state index contributed by atoms with van der Waals surface area (Å²) in [5, 5.41) is 28.1. The first-order valence-electron chi connectivity index (χ1n) is 22.8. The third-order valence-corrected chi connectivity index (χ3v) is 14.8. The summed E-state index contributed by atoms with van der Waals surface area (Å²) in [6.45, 7) is 12.3. The van der Waals surface area contributed by atoms with E-state index in [2.05, 4.69) is 104 Å². The van der Waals surface area contributed by atoms with Crippen molar-refractivity contribution in [3.8, 4) is 0 Å². The Morgan fingerprint density at radius 3 is 1.91 bits per heavy atom.